The smallest absolute Gasteiger partial charge is 0.125 e. The van der Waals surface area contributed by atoms with Crippen LogP contribution in [-0.2, 0) is 0 Å². The molecule has 1 atom stereocenters. The van der Waals surface area contributed by atoms with Gasteiger partial charge < -0.3 is 9.84 Å². The minimum Gasteiger partial charge on any atom is -0.493 e. The van der Waals surface area contributed by atoms with Gasteiger partial charge in [0.2, 0.25) is 0 Å². The molecule has 106 valence electrons. The van der Waals surface area contributed by atoms with Gasteiger partial charge in [-0.3, -0.25) is 0 Å². The molecule has 0 saturated carbocycles. The fourth-order valence-corrected chi connectivity index (χ4v) is 2.64. The van der Waals surface area contributed by atoms with Gasteiger partial charge in [-0.25, -0.2) is 0 Å². The second-order valence-corrected chi connectivity index (χ2v) is 5.69. The van der Waals surface area contributed by atoms with Crippen molar-refractivity contribution in [2.45, 2.75) is 26.9 Å². The van der Waals surface area contributed by atoms with Crippen LogP contribution in [0.2, 0.25) is 0 Å². The third kappa shape index (κ3) is 3.05. The maximum absolute atomic E-state index is 10.7. The zero-order valence-electron chi connectivity index (χ0n) is 12.0. The first-order chi connectivity index (χ1) is 9.54. The summed E-state index contributed by atoms with van der Waals surface area (Å²) in [5.41, 5.74) is 3.86. The third-order valence-corrected chi connectivity index (χ3v) is 4.22. The monoisotopic (exact) mass is 334 g/mol. The SMILES string of the molecule is CCOc1ccc(C)cc1C(O)c1cccc(Br)c1C. The number of ether oxygens (including phenoxy) is 1. The Hall–Kier alpha value is -1.32. The molecular weight excluding hydrogens is 316 g/mol. The molecule has 20 heavy (non-hydrogen) atoms. The molecule has 0 aliphatic carbocycles. The lowest BCUT2D eigenvalue weighted by Crippen LogP contribution is -2.06. The van der Waals surface area contributed by atoms with Gasteiger partial charge in [0.15, 0.2) is 0 Å². The molecule has 2 aromatic rings. The van der Waals surface area contributed by atoms with Crippen LogP contribution >= 0.6 is 15.9 Å². The predicted molar refractivity (Wildman–Crippen MR) is 85.3 cm³/mol. The van der Waals surface area contributed by atoms with Crippen molar-refractivity contribution < 1.29 is 9.84 Å². The van der Waals surface area contributed by atoms with Crippen molar-refractivity contribution in [2.75, 3.05) is 6.61 Å². The van der Waals surface area contributed by atoms with Crippen LogP contribution in [0.25, 0.3) is 0 Å². The molecular formula is C17H19BrO2. The van der Waals surface area contributed by atoms with E-state index < -0.39 is 6.10 Å². The largest absolute Gasteiger partial charge is 0.493 e. The quantitative estimate of drug-likeness (QED) is 0.888. The molecule has 0 radical (unpaired) electrons. The second kappa shape index (κ2) is 6.42. The lowest BCUT2D eigenvalue weighted by atomic mass is 9.96. The summed E-state index contributed by atoms with van der Waals surface area (Å²) in [6, 6.07) is 11.8. The molecule has 0 saturated heterocycles. The van der Waals surface area contributed by atoms with Crippen LogP contribution in [0.15, 0.2) is 40.9 Å². The Morgan fingerprint density at radius 1 is 1.15 bits per heavy atom. The average molecular weight is 335 g/mol. The van der Waals surface area contributed by atoms with Crippen molar-refractivity contribution in [3.8, 4) is 5.75 Å². The van der Waals surface area contributed by atoms with E-state index in [4.69, 9.17) is 4.74 Å². The van der Waals surface area contributed by atoms with E-state index in [0.29, 0.717) is 6.61 Å². The zero-order valence-corrected chi connectivity index (χ0v) is 13.6. The number of aliphatic hydroxyl groups excluding tert-OH is 1. The maximum atomic E-state index is 10.7. The number of halogens is 1. The minimum atomic E-state index is -0.686. The first-order valence-corrected chi connectivity index (χ1v) is 7.50. The Bertz CT molecular complexity index is 608. The normalized spacial score (nSPS) is 12.2. The van der Waals surface area contributed by atoms with Gasteiger partial charge in [0.25, 0.3) is 0 Å². The van der Waals surface area contributed by atoms with Gasteiger partial charge in [-0.1, -0.05) is 39.7 Å². The first-order valence-electron chi connectivity index (χ1n) is 6.71. The van der Waals surface area contributed by atoms with Crippen molar-refractivity contribution >= 4 is 15.9 Å². The Labute approximate surface area is 128 Å². The van der Waals surface area contributed by atoms with E-state index >= 15 is 0 Å². The molecule has 0 aliphatic heterocycles. The molecule has 1 unspecified atom stereocenters. The van der Waals surface area contributed by atoms with E-state index in [0.717, 1.165) is 32.5 Å². The molecule has 0 fully saturated rings. The summed E-state index contributed by atoms with van der Waals surface area (Å²) in [6.07, 6.45) is -0.686. The highest BCUT2D eigenvalue weighted by molar-refractivity contribution is 9.10. The summed E-state index contributed by atoms with van der Waals surface area (Å²) in [4.78, 5) is 0. The molecule has 2 aromatic carbocycles. The van der Waals surface area contributed by atoms with Crippen LogP contribution in [0, 0.1) is 13.8 Å². The lowest BCUT2D eigenvalue weighted by molar-refractivity contribution is 0.211. The van der Waals surface area contributed by atoms with Crippen molar-refractivity contribution in [1.82, 2.24) is 0 Å². The number of aryl methyl sites for hydroxylation is 1. The summed E-state index contributed by atoms with van der Waals surface area (Å²) < 4.78 is 6.63. The van der Waals surface area contributed by atoms with Gasteiger partial charge in [-0.05, 0) is 50.1 Å². The number of aliphatic hydroxyl groups is 1. The maximum Gasteiger partial charge on any atom is 0.125 e. The Balaban J connectivity index is 2.49. The van der Waals surface area contributed by atoms with E-state index in [1.165, 1.54) is 0 Å². The predicted octanol–water partition coefficient (Wildman–Crippen LogP) is 4.55. The van der Waals surface area contributed by atoms with Gasteiger partial charge >= 0.3 is 0 Å². The molecule has 1 N–H and O–H groups in total. The zero-order chi connectivity index (χ0) is 14.7. The van der Waals surface area contributed by atoms with Crippen LogP contribution in [0.5, 0.6) is 5.75 Å². The van der Waals surface area contributed by atoms with Crippen LogP contribution in [0.1, 0.15) is 35.3 Å². The van der Waals surface area contributed by atoms with Crippen LogP contribution < -0.4 is 4.74 Å². The molecule has 0 amide bonds. The fraction of sp³-hybridized carbons (Fsp3) is 0.294. The Kier molecular flexibility index (Phi) is 4.84. The molecule has 0 aliphatic rings. The molecule has 2 rings (SSSR count). The van der Waals surface area contributed by atoms with Crippen LogP contribution in [0.4, 0.5) is 0 Å². The number of hydrogen-bond acceptors (Lipinski definition) is 2. The summed E-state index contributed by atoms with van der Waals surface area (Å²) in [7, 11) is 0. The minimum absolute atomic E-state index is 0.584. The molecule has 2 nitrogen and oxygen atoms in total. The summed E-state index contributed by atoms with van der Waals surface area (Å²) in [5.74, 6) is 0.741. The summed E-state index contributed by atoms with van der Waals surface area (Å²) in [6.45, 7) is 6.54. The lowest BCUT2D eigenvalue weighted by Gasteiger charge is -2.19. The highest BCUT2D eigenvalue weighted by Crippen LogP contribution is 2.34. The van der Waals surface area contributed by atoms with Crippen molar-refractivity contribution in [1.29, 1.82) is 0 Å². The molecule has 0 heterocycles. The number of benzene rings is 2. The van der Waals surface area contributed by atoms with E-state index in [9.17, 15) is 5.11 Å². The molecule has 0 spiro atoms. The van der Waals surface area contributed by atoms with E-state index in [2.05, 4.69) is 15.9 Å². The third-order valence-electron chi connectivity index (χ3n) is 3.36. The van der Waals surface area contributed by atoms with Gasteiger partial charge in [-0.2, -0.15) is 0 Å². The fourth-order valence-electron chi connectivity index (χ4n) is 2.26. The van der Waals surface area contributed by atoms with Gasteiger partial charge in [-0.15, -0.1) is 0 Å². The van der Waals surface area contributed by atoms with Crippen molar-refractivity contribution in [3.63, 3.8) is 0 Å². The summed E-state index contributed by atoms with van der Waals surface area (Å²) >= 11 is 3.51. The summed E-state index contributed by atoms with van der Waals surface area (Å²) in [5, 5.41) is 10.7. The van der Waals surface area contributed by atoms with Crippen LogP contribution in [0.3, 0.4) is 0 Å². The van der Waals surface area contributed by atoms with Crippen molar-refractivity contribution in [2.24, 2.45) is 0 Å². The molecule has 0 bridgehead atoms. The first kappa shape index (κ1) is 15.1. The Morgan fingerprint density at radius 3 is 2.60 bits per heavy atom. The van der Waals surface area contributed by atoms with Gasteiger partial charge in [0, 0.05) is 10.0 Å². The standard InChI is InChI=1S/C17H19BrO2/c1-4-20-16-9-8-11(2)10-14(16)17(19)13-6-5-7-15(18)12(13)3/h5-10,17,19H,4H2,1-3H3. The topological polar surface area (TPSA) is 29.5 Å². The van der Waals surface area contributed by atoms with E-state index in [-0.39, 0.29) is 0 Å². The Morgan fingerprint density at radius 2 is 1.90 bits per heavy atom. The molecule has 3 heteroatoms. The van der Waals surface area contributed by atoms with Crippen LogP contribution in [-0.4, -0.2) is 11.7 Å². The highest BCUT2D eigenvalue weighted by Gasteiger charge is 2.18. The highest BCUT2D eigenvalue weighted by atomic mass is 79.9. The van der Waals surface area contributed by atoms with E-state index in [1.54, 1.807) is 0 Å². The second-order valence-electron chi connectivity index (χ2n) is 4.83. The average Bonchev–Trinajstić information content (AvgIpc) is 2.43. The van der Waals surface area contributed by atoms with Crippen molar-refractivity contribution in [3.05, 3.63) is 63.1 Å². The van der Waals surface area contributed by atoms with Gasteiger partial charge in [0.05, 0.1) is 6.61 Å². The van der Waals surface area contributed by atoms with Gasteiger partial charge in [0.1, 0.15) is 11.9 Å². The molecule has 0 aromatic heterocycles. The number of rotatable bonds is 4. The van der Waals surface area contributed by atoms with E-state index in [1.807, 2.05) is 57.2 Å². The number of hydrogen-bond donors (Lipinski definition) is 1.